The number of hydrogen-bond acceptors (Lipinski definition) is 1. The molecule has 1 nitrogen and oxygen atoms in total. The van der Waals surface area contributed by atoms with Gasteiger partial charge in [-0.15, -0.1) is 0 Å². The van der Waals surface area contributed by atoms with Crippen LogP contribution in [0.25, 0.3) is 0 Å². The largest absolute Gasteiger partial charge is 0.366 e. The van der Waals surface area contributed by atoms with E-state index in [1.54, 1.807) is 5.30 Å². The quantitative estimate of drug-likeness (QED) is 0.678. The third kappa shape index (κ3) is 2.88. The first-order valence-electron chi connectivity index (χ1n) is 6.80. The summed E-state index contributed by atoms with van der Waals surface area (Å²) in [5, 5.41) is 2.00. The number of nitrogens with zero attached hydrogens (tertiary/aromatic N) is 1. The zero-order valence-corrected chi connectivity index (χ0v) is 13.5. The molecule has 18 heavy (non-hydrogen) atoms. The molecule has 0 spiro atoms. The molecule has 100 valence electrons. The van der Waals surface area contributed by atoms with E-state index < -0.39 is 0 Å². The van der Waals surface area contributed by atoms with Crippen molar-refractivity contribution in [2.24, 2.45) is 5.41 Å². The number of benzene rings is 1. The molecule has 0 aromatic heterocycles. The molecule has 0 saturated heterocycles. The van der Waals surface area contributed by atoms with E-state index in [1.165, 1.54) is 12.0 Å². The lowest BCUT2D eigenvalue weighted by molar-refractivity contribution is 0.417. The third-order valence-electron chi connectivity index (χ3n) is 3.30. The molecule has 0 bridgehead atoms. The Labute approximate surface area is 113 Å². The van der Waals surface area contributed by atoms with Gasteiger partial charge in [0, 0.05) is 23.8 Å². The summed E-state index contributed by atoms with van der Waals surface area (Å²) in [5.74, 6) is 0. The molecule has 2 rings (SSSR count). The number of rotatable bonds is 1. The highest BCUT2D eigenvalue weighted by Crippen LogP contribution is 2.55. The maximum Gasteiger partial charge on any atom is 0.0448 e. The van der Waals surface area contributed by atoms with Crippen molar-refractivity contribution < 1.29 is 0 Å². The number of anilines is 1. The van der Waals surface area contributed by atoms with Gasteiger partial charge in [-0.2, -0.15) is 0 Å². The lowest BCUT2D eigenvalue weighted by Gasteiger charge is -2.31. The van der Waals surface area contributed by atoms with Crippen LogP contribution in [0.15, 0.2) is 24.3 Å². The van der Waals surface area contributed by atoms with Crippen LogP contribution in [0.1, 0.15) is 41.5 Å². The number of hydrogen-bond donors (Lipinski definition) is 0. The second kappa shape index (κ2) is 4.53. The van der Waals surface area contributed by atoms with Gasteiger partial charge in [0.25, 0.3) is 0 Å². The van der Waals surface area contributed by atoms with Crippen LogP contribution in [0.2, 0.25) is 0 Å². The Balaban J connectivity index is 2.34. The van der Waals surface area contributed by atoms with Crippen molar-refractivity contribution in [2.75, 3.05) is 17.7 Å². The predicted molar refractivity (Wildman–Crippen MR) is 84.4 cm³/mol. The van der Waals surface area contributed by atoms with E-state index in [0.717, 1.165) is 6.54 Å². The van der Waals surface area contributed by atoms with Gasteiger partial charge in [-0.3, -0.25) is 0 Å². The second-order valence-electron chi connectivity index (χ2n) is 7.49. The van der Waals surface area contributed by atoms with Crippen LogP contribution in [0, 0.1) is 5.41 Å². The van der Waals surface area contributed by atoms with Crippen LogP contribution in [0.3, 0.4) is 0 Å². The molecule has 1 heterocycles. The van der Waals surface area contributed by atoms with Crippen molar-refractivity contribution in [1.82, 2.24) is 0 Å². The van der Waals surface area contributed by atoms with Crippen LogP contribution in [-0.2, 0) is 0 Å². The van der Waals surface area contributed by atoms with Gasteiger partial charge in [0.1, 0.15) is 0 Å². The first-order valence-corrected chi connectivity index (χ1v) is 8.33. The van der Waals surface area contributed by atoms with E-state index in [1.807, 2.05) is 0 Å². The molecular weight excluding hydrogens is 237 g/mol. The zero-order chi connectivity index (χ0) is 13.6. The molecule has 0 radical (unpaired) electrons. The Morgan fingerprint density at radius 1 is 1.06 bits per heavy atom. The predicted octanol–water partition coefficient (Wildman–Crippen LogP) is 4.42. The molecule has 1 aromatic carbocycles. The molecule has 0 amide bonds. The average Bonchev–Trinajstić information content (AvgIpc) is 2.55. The highest BCUT2D eigenvalue weighted by atomic mass is 31.1. The van der Waals surface area contributed by atoms with Gasteiger partial charge in [0.05, 0.1) is 0 Å². The van der Waals surface area contributed by atoms with E-state index in [-0.39, 0.29) is 7.92 Å². The fourth-order valence-corrected chi connectivity index (χ4v) is 5.22. The van der Waals surface area contributed by atoms with Crippen LogP contribution in [0.4, 0.5) is 5.69 Å². The van der Waals surface area contributed by atoms with E-state index in [9.17, 15) is 0 Å². The molecular formula is C16H26NP. The molecule has 0 fully saturated rings. The SMILES string of the molecule is CC(C)(C)CN1CP(C(C)(C)C)c2ccccc21. The molecule has 0 aliphatic carbocycles. The Morgan fingerprint density at radius 3 is 2.22 bits per heavy atom. The molecule has 0 saturated carbocycles. The topological polar surface area (TPSA) is 3.24 Å². The molecule has 0 N–H and O–H groups in total. The smallest absolute Gasteiger partial charge is 0.0448 e. The average molecular weight is 263 g/mol. The summed E-state index contributed by atoms with van der Waals surface area (Å²) in [7, 11) is -0.0684. The number of fused-ring (bicyclic) bond motifs is 1. The van der Waals surface area contributed by atoms with Gasteiger partial charge in [-0.05, 0) is 24.6 Å². The van der Waals surface area contributed by atoms with Gasteiger partial charge in [-0.1, -0.05) is 59.7 Å². The highest BCUT2D eigenvalue weighted by molar-refractivity contribution is 7.68. The highest BCUT2D eigenvalue weighted by Gasteiger charge is 2.36. The Bertz CT molecular complexity index is 425. The van der Waals surface area contributed by atoms with Crippen molar-refractivity contribution in [1.29, 1.82) is 0 Å². The Kier molecular flexibility index (Phi) is 3.49. The van der Waals surface area contributed by atoms with E-state index in [0.29, 0.717) is 10.6 Å². The normalized spacial score (nSPS) is 20.1. The van der Waals surface area contributed by atoms with Crippen molar-refractivity contribution >= 4 is 18.9 Å². The standard InChI is InChI=1S/C16H26NP/c1-15(2,3)11-17-12-18(16(4,5)6)14-10-8-7-9-13(14)17/h7-10H,11-12H2,1-6H3. The molecule has 1 aliphatic heterocycles. The Hall–Kier alpha value is -0.550. The zero-order valence-electron chi connectivity index (χ0n) is 12.6. The van der Waals surface area contributed by atoms with Crippen molar-refractivity contribution in [3.8, 4) is 0 Å². The van der Waals surface area contributed by atoms with E-state index in [2.05, 4.69) is 70.7 Å². The van der Waals surface area contributed by atoms with E-state index in [4.69, 9.17) is 0 Å². The summed E-state index contributed by atoms with van der Waals surface area (Å²) in [6, 6.07) is 9.01. The number of para-hydroxylation sites is 1. The maximum absolute atomic E-state index is 2.60. The lowest BCUT2D eigenvalue weighted by atomic mass is 9.96. The summed E-state index contributed by atoms with van der Waals surface area (Å²) in [6.45, 7) is 15.3. The minimum absolute atomic E-state index is 0.0684. The third-order valence-corrected chi connectivity index (χ3v) is 6.50. The molecule has 1 atom stereocenters. The fraction of sp³-hybridized carbons (Fsp3) is 0.625. The maximum atomic E-state index is 2.60. The fourth-order valence-electron chi connectivity index (χ4n) is 2.56. The van der Waals surface area contributed by atoms with E-state index >= 15 is 0 Å². The van der Waals surface area contributed by atoms with Crippen LogP contribution < -0.4 is 10.2 Å². The van der Waals surface area contributed by atoms with Gasteiger partial charge < -0.3 is 4.90 Å². The lowest BCUT2D eigenvalue weighted by Crippen LogP contribution is -2.31. The monoisotopic (exact) mass is 263 g/mol. The first kappa shape index (κ1) is 13.9. The summed E-state index contributed by atoms with van der Waals surface area (Å²) in [5.41, 5.74) is 1.84. The minimum Gasteiger partial charge on any atom is -0.366 e. The Morgan fingerprint density at radius 2 is 1.67 bits per heavy atom. The molecule has 1 aliphatic rings. The van der Waals surface area contributed by atoms with Crippen molar-refractivity contribution in [2.45, 2.75) is 46.7 Å². The van der Waals surface area contributed by atoms with Crippen molar-refractivity contribution in [3.63, 3.8) is 0 Å². The summed E-state index contributed by atoms with van der Waals surface area (Å²) in [4.78, 5) is 2.60. The second-order valence-corrected chi connectivity index (χ2v) is 10.4. The molecule has 2 heteroatoms. The van der Waals surface area contributed by atoms with Gasteiger partial charge in [0.15, 0.2) is 0 Å². The van der Waals surface area contributed by atoms with Gasteiger partial charge in [-0.25, -0.2) is 0 Å². The summed E-state index contributed by atoms with van der Waals surface area (Å²) in [6.07, 6.45) is 1.23. The van der Waals surface area contributed by atoms with Crippen molar-refractivity contribution in [3.05, 3.63) is 24.3 Å². The van der Waals surface area contributed by atoms with Crippen LogP contribution >= 0.6 is 7.92 Å². The minimum atomic E-state index is -0.0684. The molecule has 1 unspecified atom stereocenters. The van der Waals surface area contributed by atoms with Crippen LogP contribution in [0.5, 0.6) is 0 Å². The summed E-state index contributed by atoms with van der Waals surface area (Å²) < 4.78 is 0. The van der Waals surface area contributed by atoms with Gasteiger partial charge >= 0.3 is 0 Å². The van der Waals surface area contributed by atoms with Gasteiger partial charge in [0.2, 0.25) is 0 Å². The van der Waals surface area contributed by atoms with Crippen LogP contribution in [-0.4, -0.2) is 18.0 Å². The molecule has 1 aromatic rings. The first-order chi connectivity index (χ1) is 8.18. The summed E-state index contributed by atoms with van der Waals surface area (Å²) >= 11 is 0.